The third-order valence-electron chi connectivity index (χ3n) is 3.23. The van der Waals surface area contributed by atoms with Gasteiger partial charge in [0.25, 0.3) is 0 Å². The Morgan fingerprint density at radius 1 is 1.10 bits per heavy atom. The maximum atomic E-state index is 5.81. The highest BCUT2D eigenvalue weighted by molar-refractivity contribution is 7.98. The molecule has 0 radical (unpaired) electrons. The van der Waals surface area contributed by atoms with E-state index >= 15 is 0 Å². The van der Waals surface area contributed by atoms with E-state index in [1.165, 1.54) is 11.1 Å². The Morgan fingerprint density at radius 2 is 1.95 bits per heavy atom. The molecule has 2 N–H and O–H groups in total. The van der Waals surface area contributed by atoms with Crippen molar-refractivity contribution in [1.82, 2.24) is 0 Å². The number of benzene rings is 2. The Morgan fingerprint density at radius 3 is 2.76 bits per heavy atom. The number of thioether (sulfide) groups is 1. The molecule has 0 amide bonds. The Labute approximate surface area is 131 Å². The molecule has 0 unspecified atom stereocenters. The van der Waals surface area contributed by atoms with Gasteiger partial charge in [0.2, 0.25) is 0 Å². The zero-order valence-corrected chi connectivity index (χ0v) is 13.4. The normalized spacial score (nSPS) is 10.6. The van der Waals surface area contributed by atoms with E-state index in [1.54, 1.807) is 0 Å². The van der Waals surface area contributed by atoms with Crippen LogP contribution < -0.4 is 10.5 Å². The van der Waals surface area contributed by atoms with Crippen LogP contribution in [0.5, 0.6) is 5.75 Å². The molecule has 0 aliphatic heterocycles. The molecule has 2 aromatic carbocycles. The summed E-state index contributed by atoms with van der Waals surface area (Å²) in [5.74, 6) is 3.10. The summed E-state index contributed by atoms with van der Waals surface area (Å²) in [5.41, 5.74) is 9.50. The van der Waals surface area contributed by atoms with Gasteiger partial charge >= 0.3 is 0 Å². The van der Waals surface area contributed by atoms with E-state index in [0.717, 1.165) is 35.8 Å². The topological polar surface area (TPSA) is 35.2 Å². The highest BCUT2D eigenvalue weighted by atomic mass is 32.2. The summed E-state index contributed by atoms with van der Waals surface area (Å²) in [6.07, 6.45) is 1.05. The van der Waals surface area contributed by atoms with E-state index in [2.05, 4.69) is 31.2 Å². The number of ether oxygens (including phenoxy) is 1. The average molecular weight is 301 g/mol. The van der Waals surface area contributed by atoms with E-state index < -0.39 is 0 Å². The third kappa shape index (κ3) is 5.44. The van der Waals surface area contributed by atoms with Gasteiger partial charge < -0.3 is 10.5 Å². The van der Waals surface area contributed by atoms with E-state index in [9.17, 15) is 0 Å². The number of hydrogen-bond acceptors (Lipinski definition) is 3. The molecule has 112 valence electrons. The molecule has 0 spiro atoms. The molecule has 0 heterocycles. The van der Waals surface area contributed by atoms with Crippen molar-refractivity contribution in [3.8, 4) is 5.75 Å². The predicted molar refractivity (Wildman–Crippen MR) is 91.8 cm³/mol. The fourth-order valence-corrected chi connectivity index (χ4v) is 3.03. The van der Waals surface area contributed by atoms with Crippen molar-refractivity contribution in [3.05, 3.63) is 65.2 Å². The zero-order chi connectivity index (χ0) is 14.9. The van der Waals surface area contributed by atoms with Crippen molar-refractivity contribution in [2.75, 3.05) is 12.4 Å². The van der Waals surface area contributed by atoms with E-state index in [1.807, 2.05) is 36.0 Å². The molecular weight excluding hydrogens is 278 g/mol. The molecule has 0 aromatic heterocycles. The highest BCUT2D eigenvalue weighted by Crippen LogP contribution is 2.18. The van der Waals surface area contributed by atoms with Crippen LogP contribution >= 0.6 is 11.8 Å². The van der Waals surface area contributed by atoms with Crippen LogP contribution in [0.2, 0.25) is 0 Å². The summed E-state index contributed by atoms with van der Waals surface area (Å²) >= 11 is 1.96. The SMILES string of the molecule is Cc1cccc(CSCCCOc2ccccc2CN)c1. The van der Waals surface area contributed by atoms with E-state index in [-0.39, 0.29) is 0 Å². The fraction of sp³-hybridized carbons (Fsp3) is 0.333. The second-order valence-corrected chi connectivity index (χ2v) is 6.16. The van der Waals surface area contributed by atoms with Gasteiger partial charge in [-0.1, -0.05) is 48.0 Å². The summed E-state index contributed by atoms with van der Waals surface area (Å²) in [7, 11) is 0. The third-order valence-corrected chi connectivity index (χ3v) is 4.35. The average Bonchev–Trinajstić information content (AvgIpc) is 2.51. The van der Waals surface area contributed by atoms with Crippen molar-refractivity contribution in [1.29, 1.82) is 0 Å². The predicted octanol–water partition coefficient (Wildman–Crippen LogP) is 4.16. The van der Waals surface area contributed by atoms with Crippen LogP contribution in [0.1, 0.15) is 23.1 Å². The van der Waals surface area contributed by atoms with E-state index in [4.69, 9.17) is 10.5 Å². The number of aryl methyl sites for hydroxylation is 1. The molecule has 21 heavy (non-hydrogen) atoms. The lowest BCUT2D eigenvalue weighted by Gasteiger charge is -2.10. The molecule has 0 saturated carbocycles. The monoisotopic (exact) mass is 301 g/mol. The standard InChI is InChI=1S/C18H23NOS/c1-15-6-4-7-16(12-15)14-21-11-5-10-20-18-9-3-2-8-17(18)13-19/h2-4,6-9,12H,5,10-11,13-14,19H2,1H3. The minimum absolute atomic E-state index is 0.526. The van der Waals surface area contributed by atoms with Crippen molar-refractivity contribution >= 4 is 11.8 Å². The number of rotatable bonds is 8. The van der Waals surface area contributed by atoms with Crippen LogP contribution in [0, 0.1) is 6.92 Å². The van der Waals surface area contributed by atoms with Gasteiger partial charge in [-0.2, -0.15) is 11.8 Å². The molecule has 0 aliphatic carbocycles. The second-order valence-electron chi connectivity index (χ2n) is 5.06. The van der Waals surface area contributed by atoms with Crippen molar-refractivity contribution in [2.24, 2.45) is 5.73 Å². The quantitative estimate of drug-likeness (QED) is 0.744. The summed E-state index contributed by atoms with van der Waals surface area (Å²) in [6.45, 7) is 3.41. The van der Waals surface area contributed by atoms with Gasteiger partial charge in [0.15, 0.2) is 0 Å². The van der Waals surface area contributed by atoms with Gasteiger partial charge in [0.1, 0.15) is 5.75 Å². The van der Waals surface area contributed by atoms with Crippen LogP contribution in [-0.2, 0) is 12.3 Å². The Hall–Kier alpha value is -1.45. The Bertz CT molecular complexity index is 556. The summed E-state index contributed by atoms with van der Waals surface area (Å²) < 4.78 is 5.81. The Kier molecular flexibility index (Phi) is 6.64. The van der Waals surface area contributed by atoms with Crippen LogP contribution in [0.15, 0.2) is 48.5 Å². The van der Waals surface area contributed by atoms with Gasteiger partial charge in [-0.15, -0.1) is 0 Å². The van der Waals surface area contributed by atoms with Crippen LogP contribution in [0.25, 0.3) is 0 Å². The van der Waals surface area contributed by atoms with Gasteiger partial charge in [0, 0.05) is 17.9 Å². The lowest BCUT2D eigenvalue weighted by atomic mass is 10.2. The summed E-state index contributed by atoms with van der Waals surface area (Å²) in [6, 6.07) is 16.7. The van der Waals surface area contributed by atoms with Gasteiger partial charge in [-0.05, 0) is 30.7 Å². The number of hydrogen-bond donors (Lipinski definition) is 1. The largest absolute Gasteiger partial charge is 0.493 e. The summed E-state index contributed by atoms with van der Waals surface area (Å²) in [4.78, 5) is 0. The molecule has 0 atom stereocenters. The molecular formula is C18H23NOS. The second kappa shape index (κ2) is 8.75. The lowest BCUT2D eigenvalue weighted by molar-refractivity contribution is 0.315. The van der Waals surface area contributed by atoms with Crippen LogP contribution in [0.3, 0.4) is 0 Å². The Balaban J connectivity index is 1.64. The van der Waals surface area contributed by atoms with E-state index in [0.29, 0.717) is 6.54 Å². The van der Waals surface area contributed by atoms with Crippen molar-refractivity contribution < 1.29 is 4.74 Å². The van der Waals surface area contributed by atoms with Crippen LogP contribution in [0.4, 0.5) is 0 Å². The number of para-hydroxylation sites is 1. The molecule has 0 bridgehead atoms. The van der Waals surface area contributed by atoms with Crippen molar-refractivity contribution in [2.45, 2.75) is 25.6 Å². The minimum atomic E-state index is 0.526. The smallest absolute Gasteiger partial charge is 0.123 e. The first kappa shape index (κ1) is 15.9. The zero-order valence-electron chi connectivity index (χ0n) is 12.5. The van der Waals surface area contributed by atoms with Gasteiger partial charge in [0.05, 0.1) is 6.61 Å². The fourth-order valence-electron chi connectivity index (χ4n) is 2.15. The maximum Gasteiger partial charge on any atom is 0.123 e. The molecule has 2 nitrogen and oxygen atoms in total. The molecule has 2 aromatic rings. The molecule has 0 fully saturated rings. The molecule has 0 saturated heterocycles. The maximum absolute atomic E-state index is 5.81. The highest BCUT2D eigenvalue weighted by Gasteiger charge is 2.00. The molecule has 3 heteroatoms. The first-order valence-corrected chi connectivity index (χ1v) is 8.49. The van der Waals surface area contributed by atoms with Crippen molar-refractivity contribution in [3.63, 3.8) is 0 Å². The van der Waals surface area contributed by atoms with Gasteiger partial charge in [-0.25, -0.2) is 0 Å². The van der Waals surface area contributed by atoms with Crippen LogP contribution in [-0.4, -0.2) is 12.4 Å². The lowest BCUT2D eigenvalue weighted by Crippen LogP contribution is -2.04. The summed E-state index contributed by atoms with van der Waals surface area (Å²) in [5, 5.41) is 0. The van der Waals surface area contributed by atoms with Gasteiger partial charge in [-0.3, -0.25) is 0 Å². The minimum Gasteiger partial charge on any atom is -0.493 e. The first-order chi connectivity index (χ1) is 10.3. The molecule has 2 rings (SSSR count). The number of nitrogens with two attached hydrogens (primary N) is 1. The first-order valence-electron chi connectivity index (χ1n) is 7.33. The molecule has 0 aliphatic rings.